The molecule has 1 atom stereocenters. The van der Waals surface area contributed by atoms with Crippen LogP contribution in [-0.2, 0) is 35.3 Å². The zero-order valence-electron chi connectivity index (χ0n) is 18.4. The van der Waals surface area contributed by atoms with Crippen molar-refractivity contribution in [2.75, 3.05) is 24.7 Å². The Hall–Kier alpha value is -3.08. The second-order valence-corrected chi connectivity index (χ2v) is 8.81. The Balaban J connectivity index is 1.54. The molecule has 5 rings (SSSR count). The number of nitrogens with one attached hydrogen (secondary N) is 1. The van der Waals surface area contributed by atoms with Gasteiger partial charge in [-0.3, -0.25) is 9.79 Å². The standard InChI is InChI=1S/C22H25F3N6O2/c1-12(13-7-14(22(23,24)25)9-15(26)8-13)28-18-16-10-30(19(32)21(33-2)3-4-21)11-17(16)31-6-5-27-20(31)29-18/h7-9,12H,3-6,10-11,26H2,1-2H3,(H,27,28,29). The lowest BCUT2D eigenvalue weighted by atomic mass is 10.0. The number of anilines is 2. The van der Waals surface area contributed by atoms with Gasteiger partial charge in [0, 0.05) is 37.1 Å². The van der Waals surface area contributed by atoms with Crippen molar-refractivity contribution in [2.24, 2.45) is 4.99 Å². The smallest absolute Gasteiger partial charge is 0.399 e. The predicted octanol–water partition coefficient (Wildman–Crippen LogP) is 2.59. The third-order valence-electron chi connectivity index (χ3n) is 6.59. The maximum Gasteiger partial charge on any atom is 0.416 e. The molecule has 1 amide bonds. The van der Waals surface area contributed by atoms with Crippen molar-refractivity contribution in [1.29, 1.82) is 0 Å². The van der Waals surface area contributed by atoms with Crippen molar-refractivity contribution in [3.8, 4) is 0 Å². The predicted molar refractivity (Wildman–Crippen MR) is 114 cm³/mol. The van der Waals surface area contributed by atoms with E-state index in [1.54, 1.807) is 18.9 Å². The van der Waals surface area contributed by atoms with Gasteiger partial charge in [-0.15, -0.1) is 0 Å². The van der Waals surface area contributed by atoms with Crippen molar-refractivity contribution in [2.45, 2.75) is 57.2 Å². The van der Waals surface area contributed by atoms with Gasteiger partial charge in [-0.25, -0.2) is 0 Å². The molecule has 8 nitrogen and oxygen atoms in total. The minimum absolute atomic E-state index is 0.0253. The van der Waals surface area contributed by atoms with Crippen molar-refractivity contribution >= 4 is 17.5 Å². The molecule has 1 fully saturated rings. The summed E-state index contributed by atoms with van der Waals surface area (Å²) in [6.07, 6.45) is -3.10. The Labute approximate surface area is 188 Å². The van der Waals surface area contributed by atoms with E-state index in [2.05, 4.69) is 15.3 Å². The first-order valence-corrected chi connectivity index (χ1v) is 10.8. The summed E-state index contributed by atoms with van der Waals surface area (Å²) in [4.78, 5) is 24.1. The summed E-state index contributed by atoms with van der Waals surface area (Å²) in [7, 11) is 1.55. The maximum absolute atomic E-state index is 13.3. The summed E-state index contributed by atoms with van der Waals surface area (Å²) in [5, 5.41) is 3.21. The molecule has 0 spiro atoms. The average Bonchev–Trinajstić information content (AvgIpc) is 3.20. The summed E-state index contributed by atoms with van der Waals surface area (Å²) in [5.74, 6) is 0.594. The van der Waals surface area contributed by atoms with Crippen LogP contribution in [0.3, 0.4) is 0 Å². The summed E-state index contributed by atoms with van der Waals surface area (Å²) >= 11 is 0. The molecule has 176 valence electrons. The van der Waals surface area contributed by atoms with E-state index in [9.17, 15) is 18.0 Å². The lowest BCUT2D eigenvalue weighted by Gasteiger charge is -2.21. The number of benzene rings is 1. The van der Waals surface area contributed by atoms with Gasteiger partial charge in [-0.05, 0) is 43.5 Å². The normalized spacial score (nSPS) is 19.8. The number of nitrogens with two attached hydrogens (primary N) is 1. The molecule has 3 aliphatic rings. The summed E-state index contributed by atoms with van der Waals surface area (Å²) < 4.78 is 47.3. The quantitative estimate of drug-likeness (QED) is 0.681. The number of aromatic nitrogens is 2. The molecule has 1 saturated carbocycles. The first-order valence-electron chi connectivity index (χ1n) is 10.8. The maximum atomic E-state index is 13.3. The van der Waals surface area contributed by atoms with Gasteiger partial charge in [-0.2, -0.15) is 18.2 Å². The largest absolute Gasteiger partial charge is 0.416 e. The first kappa shape index (κ1) is 21.7. The SMILES string of the molecule is COC1(C(=O)N2Cc3c(n4c(nc3=NC(C)c3cc(N)cc(C(F)(F)F)c3)NCC4)C2)CC1. The van der Waals surface area contributed by atoms with E-state index >= 15 is 0 Å². The second-order valence-electron chi connectivity index (χ2n) is 8.81. The molecule has 1 aromatic carbocycles. The molecule has 2 aromatic rings. The highest BCUT2D eigenvalue weighted by Gasteiger charge is 2.53. The molecule has 3 heterocycles. The number of hydrogen-bond donors (Lipinski definition) is 2. The number of nitrogens with zero attached hydrogens (tertiary/aromatic N) is 4. The molecular weight excluding hydrogens is 437 g/mol. The van der Waals surface area contributed by atoms with Gasteiger partial charge >= 0.3 is 6.18 Å². The number of halogens is 3. The van der Waals surface area contributed by atoms with Crippen LogP contribution in [0.25, 0.3) is 0 Å². The number of amides is 1. The van der Waals surface area contributed by atoms with Gasteiger partial charge in [0.2, 0.25) is 5.95 Å². The molecule has 1 aromatic heterocycles. The second kappa shape index (κ2) is 7.47. The van der Waals surface area contributed by atoms with E-state index in [1.165, 1.54) is 6.07 Å². The number of hydrogen-bond acceptors (Lipinski definition) is 6. The summed E-state index contributed by atoms with van der Waals surface area (Å²) in [6.45, 7) is 3.90. The zero-order chi connectivity index (χ0) is 23.5. The number of fused-ring (bicyclic) bond motifs is 3. The highest BCUT2D eigenvalue weighted by molar-refractivity contribution is 5.88. The lowest BCUT2D eigenvalue weighted by Crippen LogP contribution is -2.38. The molecule has 11 heteroatoms. The number of carbonyl (C=O) groups is 1. The summed E-state index contributed by atoms with van der Waals surface area (Å²) in [5.41, 5.74) is 6.75. The molecule has 1 aliphatic carbocycles. The zero-order valence-corrected chi connectivity index (χ0v) is 18.4. The third kappa shape index (κ3) is 3.73. The highest BCUT2D eigenvalue weighted by Crippen LogP contribution is 2.42. The van der Waals surface area contributed by atoms with Crippen LogP contribution in [0, 0.1) is 0 Å². The Morgan fingerprint density at radius 1 is 1.30 bits per heavy atom. The van der Waals surface area contributed by atoms with Gasteiger partial charge in [0.15, 0.2) is 5.49 Å². The molecule has 0 saturated heterocycles. The fraction of sp³-hybridized carbons (Fsp3) is 0.500. The minimum atomic E-state index is -4.50. The van der Waals surface area contributed by atoms with Crippen molar-refractivity contribution < 1.29 is 22.7 Å². The van der Waals surface area contributed by atoms with Crippen molar-refractivity contribution in [3.05, 3.63) is 46.1 Å². The lowest BCUT2D eigenvalue weighted by molar-refractivity contribution is -0.145. The van der Waals surface area contributed by atoms with Gasteiger partial charge in [-0.1, -0.05) is 0 Å². The number of ether oxygens (including phenoxy) is 1. The van der Waals surface area contributed by atoms with E-state index in [-0.39, 0.29) is 11.6 Å². The van der Waals surface area contributed by atoms with Crippen LogP contribution in [0.1, 0.15) is 48.2 Å². The van der Waals surface area contributed by atoms with Crippen LogP contribution in [0.2, 0.25) is 0 Å². The van der Waals surface area contributed by atoms with Crippen LogP contribution in [-0.4, -0.2) is 39.6 Å². The number of alkyl halides is 3. The number of methoxy groups -OCH3 is 1. The van der Waals surface area contributed by atoms with E-state index in [0.29, 0.717) is 49.5 Å². The van der Waals surface area contributed by atoms with Gasteiger partial charge in [0.05, 0.1) is 24.7 Å². The molecule has 0 radical (unpaired) electrons. The van der Waals surface area contributed by atoms with E-state index in [1.807, 2.05) is 4.57 Å². The molecule has 33 heavy (non-hydrogen) atoms. The first-order chi connectivity index (χ1) is 15.6. The Bertz CT molecular complexity index is 1200. The van der Waals surface area contributed by atoms with Crippen molar-refractivity contribution in [1.82, 2.24) is 14.5 Å². The van der Waals surface area contributed by atoms with Crippen LogP contribution in [0.4, 0.5) is 24.8 Å². The number of rotatable bonds is 4. The molecule has 0 bridgehead atoms. The van der Waals surface area contributed by atoms with Crippen LogP contribution >= 0.6 is 0 Å². The van der Waals surface area contributed by atoms with Gasteiger partial charge in [0.25, 0.3) is 5.91 Å². The summed E-state index contributed by atoms with van der Waals surface area (Å²) in [6, 6.07) is 2.86. The van der Waals surface area contributed by atoms with Crippen LogP contribution in [0.5, 0.6) is 0 Å². The Morgan fingerprint density at radius 2 is 2.06 bits per heavy atom. The number of carbonyl (C=O) groups excluding carboxylic acids is 1. The monoisotopic (exact) mass is 462 g/mol. The fourth-order valence-corrected chi connectivity index (χ4v) is 4.57. The number of nitrogen functional groups attached to an aromatic ring is 1. The Kier molecular flexibility index (Phi) is 4.93. The molecule has 3 N–H and O–H groups in total. The molecule has 1 unspecified atom stereocenters. The van der Waals surface area contributed by atoms with Crippen LogP contribution < -0.4 is 16.5 Å². The van der Waals surface area contributed by atoms with E-state index < -0.39 is 23.4 Å². The van der Waals surface area contributed by atoms with Gasteiger partial charge in [0.1, 0.15) is 5.60 Å². The van der Waals surface area contributed by atoms with E-state index in [0.717, 1.165) is 29.9 Å². The van der Waals surface area contributed by atoms with Crippen LogP contribution in [0.15, 0.2) is 23.2 Å². The minimum Gasteiger partial charge on any atom is -0.399 e. The topological polar surface area (TPSA) is 97.8 Å². The average molecular weight is 462 g/mol. The van der Waals surface area contributed by atoms with Crippen molar-refractivity contribution in [3.63, 3.8) is 0 Å². The van der Waals surface area contributed by atoms with Gasteiger partial charge < -0.3 is 25.3 Å². The third-order valence-corrected chi connectivity index (χ3v) is 6.59. The van der Waals surface area contributed by atoms with E-state index in [4.69, 9.17) is 10.5 Å². The Morgan fingerprint density at radius 3 is 2.73 bits per heavy atom. The molecule has 2 aliphatic heterocycles. The molecular formula is C22H25F3N6O2. The fourth-order valence-electron chi connectivity index (χ4n) is 4.57. The highest BCUT2D eigenvalue weighted by atomic mass is 19.4.